The standard InChI is InChI=1S/C36H43F2N5O6.C2HF3O2/c1-36(2,3)34(30-19-25(27-20-26(37)9-10-28(27)38)22-41(30)21-24-7-5-4-6-8-24)43(33(47)23-44)15-13-29(39)35(48)40-14-17-49-18-16-42-31(45)11-12-32(42)46;3-2(4,5)1(6)7/h4-12,19-20,22,29,34,44H,13-18,21,23,39H2,1-3H3,(H,40,48);(H,6,7)/t29-,34-;/m0./s1. The summed E-state index contributed by atoms with van der Waals surface area (Å²) in [7, 11) is 0. The van der Waals surface area contributed by atoms with E-state index in [4.69, 9.17) is 20.4 Å². The van der Waals surface area contributed by atoms with Crippen LogP contribution in [0.2, 0.25) is 0 Å². The van der Waals surface area contributed by atoms with E-state index in [2.05, 4.69) is 5.32 Å². The highest BCUT2D eigenvalue weighted by Crippen LogP contribution is 2.41. The summed E-state index contributed by atoms with van der Waals surface area (Å²) in [6.45, 7) is 5.82. The molecular weight excluding hydrogens is 749 g/mol. The van der Waals surface area contributed by atoms with E-state index in [9.17, 15) is 46.2 Å². The van der Waals surface area contributed by atoms with Gasteiger partial charge in [0.1, 0.15) is 18.2 Å². The molecule has 3 aromatic rings. The number of rotatable bonds is 16. The van der Waals surface area contributed by atoms with Crippen molar-refractivity contribution in [3.05, 3.63) is 95.8 Å². The van der Waals surface area contributed by atoms with Crippen LogP contribution in [-0.4, -0.2) is 106 Å². The molecule has 0 unspecified atom stereocenters. The lowest BCUT2D eigenvalue weighted by Gasteiger charge is -2.41. The lowest BCUT2D eigenvalue weighted by atomic mass is 9.82. The largest absolute Gasteiger partial charge is 0.490 e. The third-order valence-corrected chi connectivity index (χ3v) is 8.40. The second-order valence-corrected chi connectivity index (χ2v) is 13.7. The molecule has 0 radical (unpaired) electrons. The van der Waals surface area contributed by atoms with Crippen molar-refractivity contribution in [3.8, 4) is 11.1 Å². The first-order valence-electron chi connectivity index (χ1n) is 17.3. The van der Waals surface area contributed by atoms with E-state index in [0.717, 1.165) is 28.7 Å². The topological polar surface area (TPSA) is 184 Å². The van der Waals surface area contributed by atoms with E-state index < -0.39 is 71.5 Å². The van der Waals surface area contributed by atoms with Crippen molar-refractivity contribution in [2.45, 2.75) is 52.0 Å². The lowest BCUT2D eigenvalue weighted by molar-refractivity contribution is -0.192. The fourth-order valence-electron chi connectivity index (χ4n) is 5.80. The summed E-state index contributed by atoms with van der Waals surface area (Å²) >= 11 is 0. The summed E-state index contributed by atoms with van der Waals surface area (Å²) in [5, 5.41) is 19.8. The van der Waals surface area contributed by atoms with Gasteiger partial charge in [-0.3, -0.25) is 24.1 Å². The van der Waals surface area contributed by atoms with E-state index in [1.54, 1.807) is 12.3 Å². The Morgan fingerprint density at radius 1 is 0.964 bits per heavy atom. The van der Waals surface area contributed by atoms with Crippen molar-refractivity contribution >= 4 is 29.6 Å². The summed E-state index contributed by atoms with van der Waals surface area (Å²) in [4.78, 5) is 60.8. The number of alkyl halides is 3. The molecule has 1 aliphatic rings. The maximum atomic E-state index is 15.0. The van der Waals surface area contributed by atoms with Gasteiger partial charge in [0.15, 0.2) is 0 Å². The number of aliphatic hydroxyl groups excluding tert-OH is 1. The predicted octanol–water partition coefficient (Wildman–Crippen LogP) is 3.80. The number of hydrogen-bond donors (Lipinski definition) is 4. The quantitative estimate of drug-likeness (QED) is 0.0952. The van der Waals surface area contributed by atoms with Gasteiger partial charge in [-0.15, -0.1) is 0 Å². The van der Waals surface area contributed by atoms with Gasteiger partial charge in [-0.1, -0.05) is 51.1 Å². The van der Waals surface area contributed by atoms with Crippen LogP contribution in [0, 0.1) is 17.0 Å². The molecular formula is C38H44F5N5O8. The van der Waals surface area contributed by atoms with Crippen molar-refractivity contribution in [2.75, 3.05) is 39.5 Å². The number of ether oxygens (including phenoxy) is 1. The molecule has 4 rings (SSSR count). The zero-order chi connectivity index (χ0) is 41.8. The SMILES string of the molecule is CC(C)(C)[C@H](c1cc(-c2cc(F)ccc2F)cn1Cc1ccccc1)N(CC[C@H](N)C(=O)NCCOCCN1C(=O)C=CC1=O)C(=O)CO.O=C(O)C(F)(F)F. The van der Waals surface area contributed by atoms with Crippen LogP contribution in [0.3, 0.4) is 0 Å². The average Bonchev–Trinajstić information content (AvgIpc) is 3.68. The molecule has 0 saturated carbocycles. The summed E-state index contributed by atoms with van der Waals surface area (Å²) in [5.74, 6) is -5.81. The fraction of sp³-hybridized carbons (Fsp3) is 0.395. The monoisotopic (exact) mass is 793 g/mol. The maximum absolute atomic E-state index is 15.0. The Hall–Kier alpha value is -5.46. The lowest BCUT2D eigenvalue weighted by Crippen LogP contribution is -2.48. The Bertz CT molecular complexity index is 1860. The smallest absolute Gasteiger partial charge is 0.475 e. The normalized spacial score (nSPS) is 13.9. The third-order valence-electron chi connectivity index (χ3n) is 8.40. The number of amides is 4. The van der Waals surface area contributed by atoms with Crippen molar-refractivity contribution < 1.29 is 60.9 Å². The zero-order valence-corrected chi connectivity index (χ0v) is 30.9. The fourth-order valence-corrected chi connectivity index (χ4v) is 5.80. The van der Waals surface area contributed by atoms with Crippen LogP contribution in [-0.2, 0) is 35.3 Å². The second-order valence-electron chi connectivity index (χ2n) is 13.7. The number of halogens is 5. The molecule has 0 aliphatic carbocycles. The van der Waals surface area contributed by atoms with Crippen molar-refractivity contribution in [1.82, 2.24) is 19.7 Å². The molecule has 2 atom stereocenters. The van der Waals surface area contributed by atoms with Gasteiger partial charge in [0, 0.05) is 54.8 Å². The number of carbonyl (C=O) groups is 5. The molecule has 56 heavy (non-hydrogen) atoms. The minimum atomic E-state index is -5.08. The molecule has 0 fully saturated rings. The molecule has 18 heteroatoms. The Kier molecular flexibility index (Phi) is 16.0. The number of nitrogens with two attached hydrogens (primary N) is 1. The third kappa shape index (κ3) is 12.8. The van der Waals surface area contributed by atoms with Crippen LogP contribution in [0.15, 0.2) is 72.9 Å². The van der Waals surface area contributed by atoms with Crippen LogP contribution in [0.1, 0.15) is 44.5 Å². The number of carbonyl (C=O) groups excluding carboxylic acids is 4. The number of aliphatic hydroxyl groups is 1. The van der Waals surface area contributed by atoms with Crippen LogP contribution in [0.4, 0.5) is 22.0 Å². The van der Waals surface area contributed by atoms with Gasteiger partial charge < -0.3 is 35.5 Å². The van der Waals surface area contributed by atoms with Gasteiger partial charge in [-0.25, -0.2) is 13.6 Å². The highest BCUT2D eigenvalue weighted by Gasteiger charge is 2.39. The van der Waals surface area contributed by atoms with Crippen LogP contribution < -0.4 is 11.1 Å². The Labute approximate surface area is 319 Å². The molecule has 0 spiro atoms. The molecule has 13 nitrogen and oxygen atoms in total. The van der Waals surface area contributed by atoms with Crippen molar-refractivity contribution in [3.63, 3.8) is 0 Å². The van der Waals surface area contributed by atoms with Gasteiger partial charge in [-0.2, -0.15) is 13.2 Å². The average molecular weight is 794 g/mol. The number of hydrogen-bond acceptors (Lipinski definition) is 8. The Balaban J connectivity index is 0.00000109. The van der Waals surface area contributed by atoms with E-state index in [-0.39, 0.29) is 44.8 Å². The number of aliphatic carboxylic acids is 1. The van der Waals surface area contributed by atoms with E-state index in [1.165, 1.54) is 17.1 Å². The first kappa shape index (κ1) is 44.9. The molecule has 0 bridgehead atoms. The number of nitrogens with one attached hydrogen (secondary N) is 1. The first-order valence-corrected chi connectivity index (χ1v) is 17.3. The maximum Gasteiger partial charge on any atom is 0.490 e. The van der Waals surface area contributed by atoms with Gasteiger partial charge in [-0.05, 0) is 41.7 Å². The van der Waals surface area contributed by atoms with E-state index in [1.807, 2.05) is 55.7 Å². The first-order chi connectivity index (χ1) is 26.2. The number of nitrogens with zero attached hydrogens (tertiary/aromatic N) is 3. The highest BCUT2D eigenvalue weighted by molar-refractivity contribution is 6.12. The number of benzene rings is 2. The number of aromatic nitrogens is 1. The number of carboxylic acids is 1. The zero-order valence-electron chi connectivity index (χ0n) is 30.9. The summed E-state index contributed by atoms with van der Waals surface area (Å²) in [6, 6.07) is 12.8. The Morgan fingerprint density at radius 3 is 2.16 bits per heavy atom. The molecule has 1 aliphatic heterocycles. The van der Waals surface area contributed by atoms with E-state index in [0.29, 0.717) is 17.8 Å². The van der Waals surface area contributed by atoms with Crippen LogP contribution in [0.25, 0.3) is 11.1 Å². The van der Waals surface area contributed by atoms with Crippen molar-refractivity contribution in [1.29, 1.82) is 0 Å². The van der Waals surface area contributed by atoms with Crippen LogP contribution in [0.5, 0.6) is 0 Å². The minimum absolute atomic E-state index is 0.0124. The number of carboxylic acid groups (broad SMARTS) is 1. The van der Waals surface area contributed by atoms with Gasteiger partial charge in [0.25, 0.3) is 11.8 Å². The molecule has 2 aromatic carbocycles. The van der Waals surface area contributed by atoms with Gasteiger partial charge in [0.05, 0.1) is 31.8 Å². The molecule has 4 amide bonds. The van der Waals surface area contributed by atoms with Crippen LogP contribution >= 0.6 is 0 Å². The highest BCUT2D eigenvalue weighted by atomic mass is 19.4. The Morgan fingerprint density at radius 2 is 1.59 bits per heavy atom. The van der Waals surface area contributed by atoms with Gasteiger partial charge >= 0.3 is 12.1 Å². The summed E-state index contributed by atoms with van der Waals surface area (Å²) in [6.07, 6.45) is -0.922. The molecule has 5 N–H and O–H groups in total. The second kappa shape index (κ2) is 19.9. The van der Waals surface area contributed by atoms with Crippen molar-refractivity contribution in [2.24, 2.45) is 11.1 Å². The molecule has 2 heterocycles. The minimum Gasteiger partial charge on any atom is -0.475 e. The summed E-state index contributed by atoms with van der Waals surface area (Å²) < 4.78 is 68.3. The number of imide groups is 1. The summed E-state index contributed by atoms with van der Waals surface area (Å²) in [5.41, 5.74) is 7.65. The predicted molar refractivity (Wildman–Crippen MR) is 192 cm³/mol. The van der Waals surface area contributed by atoms with E-state index >= 15 is 0 Å². The van der Waals surface area contributed by atoms with Gasteiger partial charge in [0.2, 0.25) is 11.8 Å². The molecule has 304 valence electrons. The molecule has 0 saturated heterocycles. The molecule has 1 aromatic heterocycles.